The molecule has 7 nitrogen and oxygen atoms in total. The molecule has 6 rings (SSSR count). The van der Waals surface area contributed by atoms with Gasteiger partial charge >= 0.3 is 5.97 Å². The Bertz CT molecular complexity index is 1630. The molecule has 0 bridgehead atoms. The highest BCUT2D eigenvalue weighted by Crippen LogP contribution is 2.33. The van der Waals surface area contributed by atoms with Gasteiger partial charge in [0.1, 0.15) is 6.10 Å². The van der Waals surface area contributed by atoms with Gasteiger partial charge in [-0.25, -0.2) is 0 Å². The second-order valence-electron chi connectivity index (χ2n) is 11.0. The second-order valence-corrected chi connectivity index (χ2v) is 11.0. The van der Waals surface area contributed by atoms with Crippen LogP contribution in [0.5, 0.6) is 0 Å². The zero-order chi connectivity index (χ0) is 29.2. The predicted octanol–water partition coefficient (Wildman–Crippen LogP) is 6.08. The molecular formula is C35H33N3O4. The summed E-state index contributed by atoms with van der Waals surface area (Å²) in [5.41, 5.74) is 6.67. The Morgan fingerprint density at radius 3 is 2.31 bits per heavy atom. The number of fused-ring (bicyclic) bond motifs is 2. The average molecular weight is 560 g/mol. The fourth-order valence-corrected chi connectivity index (χ4v) is 5.99. The van der Waals surface area contributed by atoms with Gasteiger partial charge in [0, 0.05) is 61.5 Å². The molecule has 1 fully saturated rings. The summed E-state index contributed by atoms with van der Waals surface area (Å²) in [4.78, 5) is 42.9. The molecule has 7 heteroatoms. The van der Waals surface area contributed by atoms with E-state index < -0.39 is 0 Å². The average Bonchev–Trinajstić information content (AvgIpc) is 3.28. The molecule has 0 spiro atoms. The normalized spacial score (nSPS) is 18.0. The standard InChI is InChI=1S/C35H33N3O4/c1-23-11-13-25(14-12-23)31-8-4-5-9-32(31)34(40)36-28-17-15-26(16-18-28)35(41)38-21-29-19-30(42-24(2)39)22-37(29)20-27-7-3-6-10-33(27)38/h3-18,29-30H,19-22H2,1-2H3,(H,36,40)/t29-,30+/m0/s1. The van der Waals surface area contributed by atoms with E-state index in [9.17, 15) is 14.4 Å². The Kier molecular flexibility index (Phi) is 7.59. The lowest BCUT2D eigenvalue weighted by Crippen LogP contribution is -2.40. The van der Waals surface area contributed by atoms with Crippen molar-refractivity contribution in [3.8, 4) is 11.1 Å². The molecule has 4 aromatic rings. The number of hydrogen-bond donors (Lipinski definition) is 1. The van der Waals surface area contributed by atoms with Gasteiger partial charge in [0.2, 0.25) is 0 Å². The van der Waals surface area contributed by atoms with Gasteiger partial charge in [-0.1, -0.05) is 66.2 Å². The predicted molar refractivity (Wildman–Crippen MR) is 163 cm³/mol. The topological polar surface area (TPSA) is 79.0 Å². The summed E-state index contributed by atoms with van der Waals surface area (Å²) in [6.07, 6.45) is 0.514. The van der Waals surface area contributed by atoms with E-state index in [4.69, 9.17) is 4.74 Å². The maximum Gasteiger partial charge on any atom is 0.302 e. The highest BCUT2D eigenvalue weighted by molar-refractivity contribution is 6.10. The quantitative estimate of drug-likeness (QED) is 0.300. The SMILES string of the molecule is CC(=O)O[C@@H]1C[C@H]2CN(C(=O)c3ccc(NC(=O)c4ccccc4-c4ccc(C)cc4)cc3)c3ccccc3CN2C1. The van der Waals surface area contributed by atoms with E-state index in [1.54, 1.807) is 24.3 Å². The van der Waals surface area contributed by atoms with E-state index >= 15 is 0 Å². The summed E-state index contributed by atoms with van der Waals surface area (Å²) in [5, 5.41) is 2.99. The van der Waals surface area contributed by atoms with Crippen LogP contribution in [0.25, 0.3) is 11.1 Å². The van der Waals surface area contributed by atoms with Gasteiger partial charge in [-0.2, -0.15) is 0 Å². The van der Waals surface area contributed by atoms with Crippen LogP contribution < -0.4 is 10.2 Å². The van der Waals surface area contributed by atoms with Crippen LogP contribution in [-0.4, -0.2) is 47.9 Å². The minimum atomic E-state index is -0.281. The number of rotatable bonds is 5. The number of carbonyl (C=O) groups excluding carboxylic acids is 3. The van der Waals surface area contributed by atoms with Gasteiger partial charge in [0.05, 0.1) is 0 Å². The third-order valence-electron chi connectivity index (χ3n) is 8.04. The summed E-state index contributed by atoms with van der Waals surface area (Å²) in [6, 6.07) is 30.7. The molecule has 2 aliphatic rings. The lowest BCUT2D eigenvalue weighted by molar-refractivity contribution is -0.145. The maximum absolute atomic E-state index is 13.9. The number of anilines is 2. The number of ether oxygens (including phenoxy) is 1. The van der Waals surface area contributed by atoms with Crippen molar-refractivity contribution in [3.63, 3.8) is 0 Å². The Hall–Kier alpha value is -4.75. The van der Waals surface area contributed by atoms with Crippen molar-refractivity contribution in [1.29, 1.82) is 0 Å². The molecular weight excluding hydrogens is 526 g/mol. The smallest absolute Gasteiger partial charge is 0.302 e. The Balaban J connectivity index is 1.20. The monoisotopic (exact) mass is 559 g/mol. The van der Waals surface area contributed by atoms with Crippen LogP contribution in [0, 0.1) is 6.92 Å². The van der Waals surface area contributed by atoms with Crippen molar-refractivity contribution in [3.05, 3.63) is 119 Å². The van der Waals surface area contributed by atoms with E-state index in [0.29, 0.717) is 42.9 Å². The van der Waals surface area contributed by atoms with Crippen LogP contribution >= 0.6 is 0 Å². The molecule has 1 N–H and O–H groups in total. The van der Waals surface area contributed by atoms with Crippen molar-refractivity contribution < 1.29 is 19.1 Å². The highest BCUT2D eigenvalue weighted by Gasteiger charge is 2.39. The van der Waals surface area contributed by atoms with Crippen LogP contribution in [0.15, 0.2) is 97.1 Å². The van der Waals surface area contributed by atoms with Gasteiger partial charge < -0.3 is 15.0 Å². The van der Waals surface area contributed by atoms with Crippen LogP contribution in [0.2, 0.25) is 0 Å². The molecule has 212 valence electrons. The summed E-state index contributed by atoms with van der Waals surface area (Å²) >= 11 is 0. The molecule has 0 unspecified atom stereocenters. The Morgan fingerprint density at radius 2 is 1.55 bits per heavy atom. The molecule has 0 saturated carbocycles. The lowest BCUT2D eigenvalue weighted by Gasteiger charge is -2.26. The fraction of sp³-hybridized carbons (Fsp3) is 0.229. The van der Waals surface area contributed by atoms with E-state index in [0.717, 1.165) is 27.9 Å². The molecule has 2 atom stereocenters. The number of benzene rings is 4. The van der Waals surface area contributed by atoms with Crippen LogP contribution in [-0.2, 0) is 16.1 Å². The van der Waals surface area contributed by atoms with Gasteiger partial charge in [-0.05, 0) is 60.0 Å². The van der Waals surface area contributed by atoms with E-state index in [1.807, 2.05) is 84.6 Å². The highest BCUT2D eigenvalue weighted by atomic mass is 16.5. The van der Waals surface area contributed by atoms with Gasteiger partial charge in [-0.3, -0.25) is 19.3 Å². The van der Waals surface area contributed by atoms with Crippen molar-refractivity contribution in [2.24, 2.45) is 0 Å². The van der Waals surface area contributed by atoms with E-state index in [1.165, 1.54) is 6.92 Å². The third kappa shape index (κ3) is 5.69. The number of para-hydroxylation sites is 1. The number of esters is 1. The number of hydrogen-bond acceptors (Lipinski definition) is 5. The zero-order valence-electron chi connectivity index (χ0n) is 23.7. The Labute approximate surface area is 245 Å². The molecule has 2 amide bonds. The molecule has 2 heterocycles. The first-order valence-corrected chi connectivity index (χ1v) is 14.2. The minimum Gasteiger partial charge on any atom is -0.461 e. The number of aryl methyl sites for hydroxylation is 1. The maximum atomic E-state index is 13.9. The molecule has 0 radical (unpaired) electrons. The summed E-state index contributed by atoms with van der Waals surface area (Å²) in [7, 11) is 0. The van der Waals surface area contributed by atoms with Crippen molar-refractivity contribution >= 4 is 29.2 Å². The number of amides is 2. The summed E-state index contributed by atoms with van der Waals surface area (Å²) in [5.74, 6) is -0.602. The first-order valence-electron chi connectivity index (χ1n) is 14.2. The first kappa shape index (κ1) is 27.4. The molecule has 0 aromatic heterocycles. The third-order valence-corrected chi connectivity index (χ3v) is 8.04. The molecule has 0 aliphatic carbocycles. The van der Waals surface area contributed by atoms with Crippen molar-refractivity contribution in [2.75, 3.05) is 23.3 Å². The summed E-state index contributed by atoms with van der Waals surface area (Å²) < 4.78 is 5.51. The van der Waals surface area contributed by atoms with Gasteiger partial charge in [0.15, 0.2) is 0 Å². The second kappa shape index (κ2) is 11.6. The Morgan fingerprint density at radius 1 is 0.833 bits per heavy atom. The number of nitrogens with zero attached hydrogens (tertiary/aromatic N) is 2. The van der Waals surface area contributed by atoms with E-state index in [-0.39, 0.29) is 29.9 Å². The van der Waals surface area contributed by atoms with Crippen molar-refractivity contribution in [1.82, 2.24) is 4.90 Å². The van der Waals surface area contributed by atoms with E-state index in [2.05, 4.69) is 10.2 Å². The molecule has 2 aliphatic heterocycles. The lowest BCUT2D eigenvalue weighted by atomic mass is 9.98. The zero-order valence-corrected chi connectivity index (χ0v) is 23.7. The number of carbonyl (C=O) groups is 3. The fourth-order valence-electron chi connectivity index (χ4n) is 5.99. The first-order chi connectivity index (χ1) is 20.4. The molecule has 4 aromatic carbocycles. The largest absolute Gasteiger partial charge is 0.461 e. The van der Waals surface area contributed by atoms with Gasteiger partial charge in [-0.15, -0.1) is 0 Å². The minimum absolute atomic E-state index is 0.0814. The summed E-state index contributed by atoms with van der Waals surface area (Å²) in [6.45, 7) is 5.32. The van der Waals surface area contributed by atoms with Crippen LogP contribution in [0.4, 0.5) is 11.4 Å². The molecule has 42 heavy (non-hydrogen) atoms. The number of nitrogens with one attached hydrogen (secondary N) is 1. The van der Waals surface area contributed by atoms with Crippen molar-refractivity contribution in [2.45, 2.75) is 39.0 Å². The van der Waals surface area contributed by atoms with Gasteiger partial charge in [0.25, 0.3) is 11.8 Å². The van der Waals surface area contributed by atoms with Crippen LogP contribution in [0.3, 0.4) is 0 Å². The van der Waals surface area contributed by atoms with Crippen LogP contribution in [0.1, 0.15) is 45.2 Å². The molecule has 1 saturated heterocycles.